The Hall–Kier alpha value is -4.85. The summed E-state index contributed by atoms with van der Waals surface area (Å²) in [5, 5.41) is 31.2. The van der Waals surface area contributed by atoms with Crippen molar-refractivity contribution in [1.82, 2.24) is 41.2 Å². The molecule has 14 nitrogen and oxygen atoms in total. The molecule has 1 saturated heterocycles. The van der Waals surface area contributed by atoms with Gasteiger partial charge in [-0.05, 0) is 36.2 Å². The second-order valence-electron chi connectivity index (χ2n) is 12.4. The van der Waals surface area contributed by atoms with Gasteiger partial charge in [-0.3, -0.25) is 19.2 Å². The number of amides is 4. The summed E-state index contributed by atoms with van der Waals surface area (Å²) in [6.45, 7) is 5.41. The molecule has 0 unspecified atom stereocenters. The molecule has 4 bridgehead atoms. The zero-order valence-corrected chi connectivity index (χ0v) is 26.3. The van der Waals surface area contributed by atoms with E-state index < -0.39 is 59.9 Å². The number of benzene rings is 2. The van der Waals surface area contributed by atoms with E-state index in [1.54, 1.807) is 20.2 Å². The topological polar surface area (TPSA) is 188 Å². The highest BCUT2D eigenvalue weighted by Crippen LogP contribution is 2.29. The predicted molar refractivity (Wildman–Crippen MR) is 167 cm³/mol. The van der Waals surface area contributed by atoms with Crippen LogP contribution in [-0.2, 0) is 36.8 Å². The number of rotatable bonds is 8. The summed E-state index contributed by atoms with van der Waals surface area (Å²) in [4.78, 5) is 68.1. The fraction of sp³-hybridized carbons (Fsp3) is 0.469. The van der Waals surface area contributed by atoms with Crippen molar-refractivity contribution >= 4 is 40.4 Å². The summed E-state index contributed by atoms with van der Waals surface area (Å²) in [6.07, 6.45) is 1.72. The number of carboxylic acid groups (broad SMARTS) is 1. The fourth-order valence-corrected chi connectivity index (χ4v) is 5.94. The smallest absolute Gasteiger partial charge is 0.326 e. The third-order valence-corrected chi connectivity index (χ3v) is 8.77. The normalized spacial score (nSPS) is 23.0. The molecule has 5 rings (SSSR count). The van der Waals surface area contributed by atoms with Crippen molar-refractivity contribution in [2.75, 3.05) is 13.6 Å². The van der Waals surface area contributed by atoms with Crippen LogP contribution < -0.4 is 21.3 Å². The Kier molecular flexibility index (Phi) is 9.65. The van der Waals surface area contributed by atoms with Gasteiger partial charge in [-0.1, -0.05) is 61.5 Å². The second-order valence-corrected chi connectivity index (χ2v) is 12.4. The number of nitrogens with zero attached hydrogens (tertiary/aromatic N) is 4. The van der Waals surface area contributed by atoms with Crippen molar-refractivity contribution in [2.45, 2.75) is 76.3 Å². The molecule has 0 saturated carbocycles. The molecule has 2 aromatic carbocycles. The maximum absolute atomic E-state index is 14.1. The Morgan fingerprint density at radius 2 is 1.78 bits per heavy atom. The number of likely N-dealkylation sites (N-methyl/N-ethyl adjacent to an activating group) is 1. The monoisotopic (exact) mass is 632 g/mol. The lowest BCUT2D eigenvalue weighted by atomic mass is 9.99. The summed E-state index contributed by atoms with van der Waals surface area (Å²) in [7, 11) is 1.65. The average Bonchev–Trinajstić information content (AvgIpc) is 3.69. The summed E-state index contributed by atoms with van der Waals surface area (Å²) in [5.41, 5.74) is 1.10. The van der Waals surface area contributed by atoms with Gasteiger partial charge < -0.3 is 31.3 Å². The van der Waals surface area contributed by atoms with E-state index >= 15 is 0 Å². The van der Waals surface area contributed by atoms with E-state index in [-0.39, 0.29) is 37.6 Å². The highest BCUT2D eigenvalue weighted by molar-refractivity contribution is 5.96. The number of likely N-dealkylation sites (tertiary alicyclic amines) is 1. The van der Waals surface area contributed by atoms with Gasteiger partial charge in [0.15, 0.2) is 0 Å². The molecule has 14 heteroatoms. The zero-order valence-electron chi connectivity index (χ0n) is 26.3. The fourth-order valence-electron chi connectivity index (χ4n) is 5.94. The molecular weight excluding hydrogens is 592 g/mol. The Labute approximate surface area is 266 Å². The highest BCUT2D eigenvalue weighted by Gasteiger charge is 2.45. The minimum atomic E-state index is -1.31. The van der Waals surface area contributed by atoms with Gasteiger partial charge in [-0.15, -0.1) is 5.10 Å². The van der Waals surface area contributed by atoms with Gasteiger partial charge in [-0.25, -0.2) is 9.48 Å². The van der Waals surface area contributed by atoms with E-state index in [2.05, 4.69) is 31.6 Å². The minimum Gasteiger partial charge on any atom is -0.480 e. The summed E-state index contributed by atoms with van der Waals surface area (Å²) >= 11 is 0. The van der Waals surface area contributed by atoms with E-state index in [4.69, 9.17) is 0 Å². The van der Waals surface area contributed by atoms with Crippen LogP contribution in [0.2, 0.25) is 0 Å². The molecule has 46 heavy (non-hydrogen) atoms. The van der Waals surface area contributed by atoms with Gasteiger partial charge in [0.25, 0.3) is 0 Å². The lowest BCUT2D eigenvalue weighted by molar-refractivity contribution is -0.144. The number of hydrogen-bond donors (Lipinski definition) is 5. The molecule has 0 aliphatic carbocycles. The standard InChI is InChI=1S/C32H40N8O6/c1-17(2)27(36-28(41)18(3)33-4)31(44)39-16-23-14-26(39)30(43)34-24(12-19-9-10-20-7-5-6-8-21(20)11-19)29(42)35-25(32(45)46)13-22-15-40(23)38-37-22/h5-11,15,17-18,23-27,33H,12-14,16H2,1-4H3,(H,34,43)(H,35,42)(H,36,41)(H,45,46)/t18-,23-,24-,25-,26-,27-/m0/s1. The third kappa shape index (κ3) is 7.01. The van der Waals surface area contributed by atoms with Crippen molar-refractivity contribution < 1.29 is 29.1 Å². The number of carbonyl (C=O) groups is 5. The maximum atomic E-state index is 14.1. The van der Waals surface area contributed by atoms with Crippen LogP contribution in [0.4, 0.5) is 0 Å². The van der Waals surface area contributed by atoms with Gasteiger partial charge in [0.2, 0.25) is 23.6 Å². The summed E-state index contributed by atoms with van der Waals surface area (Å²) < 4.78 is 1.53. The first-order valence-corrected chi connectivity index (χ1v) is 15.4. The van der Waals surface area contributed by atoms with Crippen molar-refractivity contribution in [1.29, 1.82) is 0 Å². The van der Waals surface area contributed by atoms with Crippen LogP contribution in [-0.4, -0.2) is 98.4 Å². The molecule has 3 aromatic rings. The average molecular weight is 633 g/mol. The molecule has 244 valence electrons. The number of carboxylic acids is 1. The van der Waals surface area contributed by atoms with E-state index in [0.29, 0.717) is 5.69 Å². The number of hydrogen-bond acceptors (Lipinski definition) is 8. The number of aliphatic carboxylic acids is 1. The number of fused-ring (bicyclic) bond motifs is 6. The second kappa shape index (κ2) is 13.6. The van der Waals surface area contributed by atoms with Crippen molar-refractivity contribution in [3.8, 4) is 0 Å². The van der Waals surface area contributed by atoms with Crippen molar-refractivity contribution in [3.05, 3.63) is 59.9 Å². The first-order valence-electron chi connectivity index (χ1n) is 15.4. The Bertz CT molecular complexity index is 1640. The van der Waals surface area contributed by atoms with Crippen LogP contribution in [0.5, 0.6) is 0 Å². The molecule has 6 atom stereocenters. The highest BCUT2D eigenvalue weighted by atomic mass is 16.4. The largest absolute Gasteiger partial charge is 0.480 e. The Morgan fingerprint density at radius 3 is 2.48 bits per heavy atom. The first-order chi connectivity index (χ1) is 21.9. The molecule has 2 aliphatic rings. The van der Waals surface area contributed by atoms with Gasteiger partial charge in [0, 0.05) is 32.0 Å². The first kappa shape index (κ1) is 32.5. The van der Waals surface area contributed by atoms with Crippen molar-refractivity contribution in [3.63, 3.8) is 0 Å². The molecule has 0 radical (unpaired) electrons. The Morgan fingerprint density at radius 1 is 1.04 bits per heavy atom. The van der Waals surface area contributed by atoms with Crippen LogP contribution in [0.25, 0.3) is 10.8 Å². The molecule has 0 spiro atoms. The molecule has 2 aliphatic heterocycles. The number of nitrogens with one attached hydrogen (secondary N) is 4. The number of aromatic nitrogens is 3. The molecule has 5 N–H and O–H groups in total. The number of carbonyl (C=O) groups excluding carboxylic acids is 4. The van der Waals surface area contributed by atoms with Crippen LogP contribution in [0.3, 0.4) is 0 Å². The third-order valence-electron chi connectivity index (χ3n) is 8.77. The van der Waals surface area contributed by atoms with Crippen LogP contribution in [0, 0.1) is 5.92 Å². The van der Waals surface area contributed by atoms with Crippen LogP contribution in [0.15, 0.2) is 48.7 Å². The van der Waals surface area contributed by atoms with E-state index in [1.807, 2.05) is 56.3 Å². The molecule has 4 amide bonds. The van der Waals surface area contributed by atoms with Crippen LogP contribution >= 0.6 is 0 Å². The minimum absolute atomic E-state index is 0.0833. The zero-order chi connectivity index (χ0) is 33.1. The van der Waals surface area contributed by atoms with Crippen LogP contribution in [0.1, 0.15) is 44.5 Å². The SMILES string of the molecule is CN[C@@H](C)C(=O)N[C@H](C(=O)N1C[C@@H]2C[C@H]1C(=O)N[C@@H](Cc1ccc3ccccc3c1)C(=O)N[C@H](C(=O)O)Cc1cn2nn1)C(C)C. The maximum Gasteiger partial charge on any atom is 0.326 e. The quantitative estimate of drug-likeness (QED) is 0.231. The summed E-state index contributed by atoms with van der Waals surface area (Å²) in [6, 6.07) is 8.10. The lowest BCUT2D eigenvalue weighted by Gasteiger charge is -2.32. The summed E-state index contributed by atoms with van der Waals surface area (Å²) in [5.74, 6) is -3.56. The molecule has 1 fully saturated rings. The lowest BCUT2D eigenvalue weighted by Crippen LogP contribution is -2.59. The molecular formula is C32H40N8O6. The van der Waals surface area contributed by atoms with E-state index in [0.717, 1.165) is 16.3 Å². The van der Waals surface area contributed by atoms with E-state index in [1.165, 1.54) is 9.58 Å². The molecule has 1 aromatic heterocycles. The van der Waals surface area contributed by atoms with Gasteiger partial charge in [0.1, 0.15) is 24.2 Å². The van der Waals surface area contributed by atoms with Crippen molar-refractivity contribution in [2.24, 2.45) is 5.92 Å². The van der Waals surface area contributed by atoms with Gasteiger partial charge in [0.05, 0.1) is 17.8 Å². The predicted octanol–water partition coefficient (Wildman–Crippen LogP) is 0.175. The Balaban J connectivity index is 1.49. The van der Waals surface area contributed by atoms with E-state index in [9.17, 15) is 29.1 Å². The van der Waals surface area contributed by atoms with Gasteiger partial charge >= 0.3 is 5.97 Å². The molecule has 3 heterocycles. The van der Waals surface area contributed by atoms with Gasteiger partial charge in [-0.2, -0.15) is 0 Å².